The van der Waals surface area contributed by atoms with Crippen molar-refractivity contribution in [3.05, 3.63) is 18.2 Å². The zero-order valence-corrected chi connectivity index (χ0v) is 9.74. The number of hydrogen-bond acceptors (Lipinski definition) is 2. The molecule has 15 heavy (non-hydrogen) atoms. The van der Waals surface area contributed by atoms with Crippen molar-refractivity contribution in [2.24, 2.45) is 5.92 Å². The fourth-order valence-electron chi connectivity index (χ4n) is 2.05. The van der Waals surface area contributed by atoms with E-state index in [4.69, 9.17) is 0 Å². The van der Waals surface area contributed by atoms with Gasteiger partial charge in [0.1, 0.15) is 5.82 Å². The third-order valence-electron chi connectivity index (χ3n) is 2.82. The molecule has 0 aromatic carbocycles. The Kier molecular flexibility index (Phi) is 5.40. The van der Waals surface area contributed by atoms with Gasteiger partial charge in [-0.1, -0.05) is 26.7 Å². The van der Waals surface area contributed by atoms with Crippen molar-refractivity contribution in [1.82, 2.24) is 9.97 Å². The molecule has 86 valence electrons. The summed E-state index contributed by atoms with van der Waals surface area (Å²) in [4.78, 5) is 7.18. The largest absolute Gasteiger partial charge is 0.392 e. The van der Waals surface area contributed by atoms with Crippen molar-refractivity contribution in [3.63, 3.8) is 0 Å². The molecule has 0 saturated heterocycles. The van der Waals surface area contributed by atoms with Crippen LogP contribution in [0.25, 0.3) is 0 Å². The Morgan fingerprint density at radius 1 is 1.33 bits per heavy atom. The molecule has 0 spiro atoms. The van der Waals surface area contributed by atoms with Crippen LogP contribution in [0.5, 0.6) is 0 Å². The smallest absolute Gasteiger partial charge is 0.108 e. The van der Waals surface area contributed by atoms with Gasteiger partial charge in [-0.15, -0.1) is 0 Å². The fourth-order valence-corrected chi connectivity index (χ4v) is 2.05. The topological polar surface area (TPSA) is 48.9 Å². The molecule has 2 N–H and O–H groups in total. The molecule has 0 amide bonds. The summed E-state index contributed by atoms with van der Waals surface area (Å²) in [6, 6.07) is 0. The van der Waals surface area contributed by atoms with Gasteiger partial charge >= 0.3 is 0 Å². The number of imidazole rings is 1. The van der Waals surface area contributed by atoms with Crippen molar-refractivity contribution in [2.45, 2.75) is 52.1 Å². The maximum absolute atomic E-state index is 10.1. The maximum atomic E-state index is 10.1. The second kappa shape index (κ2) is 6.62. The normalized spacial score (nSPS) is 13.3. The van der Waals surface area contributed by atoms with E-state index in [0.717, 1.165) is 31.5 Å². The van der Waals surface area contributed by atoms with Gasteiger partial charge in [-0.3, -0.25) is 0 Å². The first-order valence-electron chi connectivity index (χ1n) is 5.94. The second-order valence-electron chi connectivity index (χ2n) is 4.14. The Balaban J connectivity index is 2.44. The van der Waals surface area contributed by atoms with Gasteiger partial charge in [0.25, 0.3) is 0 Å². The lowest BCUT2D eigenvalue weighted by Crippen LogP contribution is -2.23. The molecule has 0 aliphatic carbocycles. The molecular formula is C12H22N2O. The molecule has 1 aromatic heterocycles. The minimum atomic E-state index is -0.254. The van der Waals surface area contributed by atoms with Crippen LogP contribution in [0.3, 0.4) is 0 Å². The van der Waals surface area contributed by atoms with Crippen molar-refractivity contribution >= 4 is 0 Å². The van der Waals surface area contributed by atoms with Crippen molar-refractivity contribution in [2.75, 3.05) is 0 Å². The standard InChI is InChI=1S/C12H22N2O/c1-3-5-10(6-4-2)11(15)9-12-13-7-8-14-12/h7-8,10-11,15H,3-6,9H2,1-2H3,(H,13,14). The van der Waals surface area contributed by atoms with E-state index >= 15 is 0 Å². The molecule has 1 heterocycles. The second-order valence-corrected chi connectivity index (χ2v) is 4.14. The Labute approximate surface area is 91.9 Å². The first-order valence-corrected chi connectivity index (χ1v) is 5.94. The summed E-state index contributed by atoms with van der Waals surface area (Å²) in [5.41, 5.74) is 0. The highest BCUT2D eigenvalue weighted by molar-refractivity contribution is 4.90. The van der Waals surface area contributed by atoms with Crippen LogP contribution in [-0.2, 0) is 6.42 Å². The van der Waals surface area contributed by atoms with Gasteiger partial charge in [0, 0.05) is 18.8 Å². The Morgan fingerprint density at radius 3 is 2.47 bits per heavy atom. The zero-order chi connectivity index (χ0) is 11.1. The summed E-state index contributed by atoms with van der Waals surface area (Å²) in [6.45, 7) is 4.34. The molecule has 0 aliphatic heterocycles. The quantitative estimate of drug-likeness (QED) is 0.726. The number of aliphatic hydroxyl groups excluding tert-OH is 1. The molecule has 1 unspecified atom stereocenters. The lowest BCUT2D eigenvalue weighted by molar-refractivity contribution is 0.0946. The zero-order valence-electron chi connectivity index (χ0n) is 9.74. The van der Waals surface area contributed by atoms with Gasteiger partial charge < -0.3 is 10.1 Å². The van der Waals surface area contributed by atoms with Gasteiger partial charge in [-0.25, -0.2) is 4.98 Å². The van der Waals surface area contributed by atoms with Crippen LogP contribution in [0.15, 0.2) is 12.4 Å². The molecule has 1 rings (SSSR count). The summed E-state index contributed by atoms with van der Waals surface area (Å²) in [6.07, 6.45) is 8.42. The van der Waals surface area contributed by atoms with Gasteiger partial charge in [-0.05, 0) is 18.8 Å². The Morgan fingerprint density at radius 2 is 2.00 bits per heavy atom. The van der Waals surface area contributed by atoms with Crippen molar-refractivity contribution in [1.29, 1.82) is 0 Å². The SMILES string of the molecule is CCCC(CCC)C(O)Cc1ncc[nH]1. The molecular weight excluding hydrogens is 188 g/mol. The Bertz CT molecular complexity index is 240. The molecule has 0 aliphatic rings. The molecule has 0 radical (unpaired) electrons. The highest BCUT2D eigenvalue weighted by Crippen LogP contribution is 2.19. The predicted molar refractivity (Wildman–Crippen MR) is 61.6 cm³/mol. The van der Waals surface area contributed by atoms with Gasteiger partial charge in [-0.2, -0.15) is 0 Å². The van der Waals surface area contributed by atoms with E-state index < -0.39 is 0 Å². The highest BCUT2D eigenvalue weighted by Gasteiger charge is 2.18. The third-order valence-corrected chi connectivity index (χ3v) is 2.82. The number of nitrogens with zero attached hydrogens (tertiary/aromatic N) is 1. The molecule has 3 nitrogen and oxygen atoms in total. The lowest BCUT2D eigenvalue weighted by atomic mass is 9.90. The first kappa shape index (κ1) is 12.2. The fraction of sp³-hybridized carbons (Fsp3) is 0.750. The number of aromatic amines is 1. The van der Waals surface area contributed by atoms with Crippen molar-refractivity contribution in [3.8, 4) is 0 Å². The average Bonchev–Trinajstić information content (AvgIpc) is 2.70. The van der Waals surface area contributed by atoms with Crippen LogP contribution in [0.2, 0.25) is 0 Å². The molecule has 0 bridgehead atoms. The maximum Gasteiger partial charge on any atom is 0.108 e. The van der Waals surface area contributed by atoms with Crippen LogP contribution in [0, 0.1) is 5.92 Å². The number of nitrogens with one attached hydrogen (secondary N) is 1. The van der Waals surface area contributed by atoms with Crippen molar-refractivity contribution < 1.29 is 5.11 Å². The molecule has 0 saturated carbocycles. The molecule has 1 aromatic rings. The summed E-state index contributed by atoms with van der Waals surface area (Å²) < 4.78 is 0. The van der Waals surface area contributed by atoms with Crippen LogP contribution >= 0.6 is 0 Å². The van der Waals surface area contributed by atoms with E-state index in [-0.39, 0.29) is 6.10 Å². The molecule has 3 heteroatoms. The van der Waals surface area contributed by atoms with E-state index in [9.17, 15) is 5.11 Å². The van der Waals surface area contributed by atoms with E-state index in [1.165, 1.54) is 0 Å². The number of aromatic nitrogens is 2. The average molecular weight is 210 g/mol. The van der Waals surface area contributed by atoms with Gasteiger partial charge in [0.2, 0.25) is 0 Å². The van der Waals surface area contributed by atoms with E-state index in [1.807, 2.05) is 0 Å². The number of H-pyrrole nitrogens is 1. The number of hydrogen-bond donors (Lipinski definition) is 2. The lowest BCUT2D eigenvalue weighted by Gasteiger charge is -2.21. The van der Waals surface area contributed by atoms with Gasteiger partial charge in [0.05, 0.1) is 6.10 Å². The van der Waals surface area contributed by atoms with E-state index in [0.29, 0.717) is 12.3 Å². The number of rotatable bonds is 7. The minimum absolute atomic E-state index is 0.254. The molecule has 0 fully saturated rings. The summed E-state index contributed by atoms with van der Waals surface area (Å²) in [5, 5.41) is 10.1. The van der Waals surface area contributed by atoms with E-state index in [1.54, 1.807) is 12.4 Å². The predicted octanol–water partition coefficient (Wildman–Crippen LogP) is 2.53. The van der Waals surface area contributed by atoms with E-state index in [2.05, 4.69) is 23.8 Å². The van der Waals surface area contributed by atoms with Gasteiger partial charge in [0.15, 0.2) is 0 Å². The molecule has 1 atom stereocenters. The summed E-state index contributed by atoms with van der Waals surface area (Å²) in [7, 11) is 0. The van der Waals surface area contributed by atoms with Crippen LogP contribution in [-0.4, -0.2) is 21.2 Å². The summed E-state index contributed by atoms with van der Waals surface area (Å²) in [5.74, 6) is 1.31. The highest BCUT2D eigenvalue weighted by atomic mass is 16.3. The monoisotopic (exact) mass is 210 g/mol. The first-order chi connectivity index (χ1) is 7.27. The minimum Gasteiger partial charge on any atom is -0.392 e. The third kappa shape index (κ3) is 4.04. The summed E-state index contributed by atoms with van der Waals surface area (Å²) >= 11 is 0. The Hall–Kier alpha value is -0.830. The van der Waals surface area contributed by atoms with Crippen LogP contribution in [0.1, 0.15) is 45.4 Å². The van der Waals surface area contributed by atoms with Crippen LogP contribution in [0.4, 0.5) is 0 Å². The van der Waals surface area contributed by atoms with Crippen LogP contribution < -0.4 is 0 Å². The number of aliphatic hydroxyl groups is 1.